The van der Waals surface area contributed by atoms with Crippen molar-refractivity contribution in [1.29, 1.82) is 0 Å². The van der Waals surface area contributed by atoms with Gasteiger partial charge in [-0.2, -0.15) is 0 Å². The molecule has 0 aromatic heterocycles. The van der Waals surface area contributed by atoms with Crippen LogP contribution in [-0.2, 0) is 23.6 Å². The number of nitrogens with one attached hydrogen (secondary N) is 1. The van der Waals surface area contributed by atoms with Crippen molar-refractivity contribution in [2.24, 2.45) is 0 Å². The Hall–Kier alpha value is -1.74. The number of aliphatic hydroxyl groups is 1. The van der Waals surface area contributed by atoms with Gasteiger partial charge in [-0.05, 0) is 50.6 Å². The molecular formula is C20H28NO7PS. The van der Waals surface area contributed by atoms with Crippen molar-refractivity contribution in [1.82, 2.24) is 4.72 Å². The highest BCUT2D eigenvalue weighted by Crippen LogP contribution is 2.55. The number of aryl methyl sites for hydroxylation is 1. The summed E-state index contributed by atoms with van der Waals surface area (Å²) in [5.74, 6) is -1.22. The molecule has 0 aliphatic carbocycles. The highest BCUT2D eigenvalue weighted by atomic mass is 32.2. The van der Waals surface area contributed by atoms with E-state index in [1.54, 1.807) is 50.2 Å². The van der Waals surface area contributed by atoms with Gasteiger partial charge < -0.3 is 18.9 Å². The van der Waals surface area contributed by atoms with E-state index in [4.69, 9.17) is 13.8 Å². The van der Waals surface area contributed by atoms with Gasteiger partial charge in [0.1, 0.15) is 5.75 Å². The molecule has 0 unspecified atom stereocenters. The highest BCUT2D eigenvalue weighted by molar-refractivity contribution is 7.89. The first kappa shape index (κ1) is 24.5. The second kappa shape index (κ2) is 10.5. The van der Waals surface area contributed by atoms with Crippen LogP contribution in [0.5, 0.6) is 5.75 Å². The number of sulfonamides is 1. The van der Waals surface area contributed by atoms with E-state index in [0.717, 1.165) is 5.56 Å². The summed E-state index contributed by atoms with van der Waals surface area (Å²) in [4.78, 5) is 0.0152. The van der Waals surface area contributed by atoms with E-state index < -0.39 is 29.5 Å². The molecule has 2 N–H and O–H groups in total. The second-order valence-corrected chi connectivity index (χ2v) is 10.3. The van der Waals surface area contributed by atoms with E-state index in [1.807, 2.05) is 6.92 Å². The van der Waals surface area contributed by atoms with Crippen molar-refractivity contribution in [3.8, 4) is 5.75 Å². The van der Waals surface area contributed by atoms with E-state index in [9.17, 15) is 18.1 Å². The summed E-state index contributed by atoms with van der Waals surface area (Å²) in [6.45, 7) is 5.10. The summed E-state index contributed by atoms with van der Waals surface area (Å²) >= 11 is 0. The van der Waals surface area contributed by atoms with Gasteiger partial charge in [-0.3, -0.25) is 4.57 Å². The zero-order valence-electron chi connectivity index (χ0n) is 17.4. The van der Waals surface area contributed by atoms with Crippen LogP contribution in [0.3, 0.4) is 0 Å². The van der Waals surface area contributed by atoms with Gasteiger partial charge in [0.15, 0.2) is 5.85 Å². The molecule has 0 saturated heterocycles. The molecule has 0 aliphatic rings. The molecule has 10 heteroatoms. The predicted molar refractivity (Wildman–Crippen MR) is 114 cm³/mol. The summed E-state index contributed by atoms with van der Waals surface area (Å²) in [7, 11) is -6.59. The minimum Gasteiger partial charge on any atom is -0.497 e. The molecule has 0 bridgehead atoms. The third-order valence-electron chi connectivity index (χ3n) is 4.33. The fourth-order valence-corrected chi connectivity index (χ4v) is 5.84. The molecule has 0 heterocycles. The first-order valence-corrected chi connectivity index (χ1v) is 12.6. The molecule has 2 rings (SSSR count). The van der Waals surface area contributed by atoms with Gasteiger partial charge in [0, 0.05) is 0 Å². The molecule has 0 aliphatic heterocycles. The number of ether oxygens (including phenoxy) is 1. The minimum atomic E-state index is -4.05. The molecule has 0 amide bonds. The number of aliphatic hydroxyl groups excluding tert-OH is 1. The van der Waals surface area contributed by atoms with Crippen molar-refractivity contribution in [3.05, 3.63) is 59.7 Å². The van der Waals surface area contributed by atoms with Crippen molar-refractivity contribution in [2.45, 2.75) is 37.6 Å². The van der Waals surface area contributed by atoms with Gasteiger partial charge >= 0.3 is 7.60 Å². The van der Waals surface area contributed by atoms with Crippen LogP contribution in [-0.4, -0.2) is 39.7 Å². The van der Waals surface area contributed by atoms with Crippen LogP contribution in [0.4, 0.5) is 0 Å². The van der Waals surface area contributed by atoms with Crippen molar-refractivity contribution >= 4 is 17.6 Å². The van der Waals surface area contributed by atoms with Crippen LogP contribution in [0, 0.1) is 6.92 Å². The molecule has 2 aromatic rings. The first-order chi connectivity index (χ1) is 14.2. The monoisotopic (exact) mass is 457 g/mol. The van der Waals surface area contributed by atoms with Gasteiger partial charge in [-0.25, -0.2) is 13.1 Å². The zero-order chi connectivity index (χ0) is 22.4. The Morgan fingerprint density at radius 3 is 2.00 bits per heavy atom. The number of methoxy groups -OCH3 is 1. The molecule has 0 spiro atoms. The quantitative estimate of drug-likeness (QED) is 0.496. The summed E-state index contributed by atoms with van der Waals surface area (Å²) in [6.07, 6.45) is 0. The van der Waals surface area contributed by atoms with Gasteiger partial charge in [0.25, 0.3) is 0 Å². The lowest BCUT2D eigenvalue weighted by atomic mass is 10.1. The van der Waals surface area contributed by atoms with Crippen molar-refractivity contribution in [2.75, 3.05) is 20.3 Å². The average Bonchev–Trinajstić information content (AvgIpc) is 2.72. The van der Waals surface area contributed by atoms with E-state index >= 15 is 0 Å². The predicted octanol–water partition coefficient (Wildman–Crippen LogP) is 3.61. The molecule has 0 radical (unpaired) electrons. The van der Waals surface area contributed by atoms with E-state index in [2.05, 4.69) is 4.72 Å². The second-order valence-electron chi connectivity index (χ2n) is 6.47. The minimum absolute atomic E-state index is 0.0152. The molecule has 0 fully saturated rings. The standard InChI is InChI=1S/C20H28NO7PS/c1-5-27-29(23,28-6-2)20(22)19(16-9-11-17(26-4)12-10-16)21-30(24,25)18-13-7-15(3)8-14-18/h7-14,19-22H,5-6H2,1-4H3/t19-,20-/m1/s1. The number of hydrogen-bond acceptors (Lipinski definition) is 7. The van der Waals surface area contributed by atoms with Gasteiger partial charge in [-0.15, -0.1) is 0 Å². The molecule has 2 atom stereocenters. The maximum absolute atomic E-state index is 13.2. The van der Waals surface area contributed by atoms with Crippen LogP contribution in [0.15, 0.2) is 53.4 Å². The van der Waals surface area contributed by atoms with Crippen LogP contribution in [0.25, 0.3) is 0 Å². The molecule has 166 valence electrons. The van der Waals surface area contributed by atoms with Gasteiger partial charge in [0.05, 0.1) is 31.3 Å². The van der Waals surface area contributed by atoms with E-state index in [1.165, 1.54) is 19.2 Å². The average molecular weight is 457 g/mol. The van der Waals surface area contributed by atoms with Crippen LogP contribution in [0.2, 0.25) is 0 Å². The molecular weight excluding hydrogens is 429 g/mol. The zero-order valence-corrected chi connectivity index (χ0v) is 19.2. The lowest BCUT2D eigenvalue weighted by Crippen LogP contribution is -2.37. The summed E-state index contributed by atoms with van der Waals surface area (Å²) in [5, 5.41) is 11.0. The summed E-state index contributed by atoms with van der Waals surface area (Å²) in [6, 6.07) is 11.3. The van der Waals surface area contributed by atoms with E-state index in [0.29, 0.717) is 11.3 Å². The lowest BCUT2D eigenvalue weighted by molar-refractivity contribution is 0.130. The molecule has 8 nitrogen and oxygen atoms in total. The van der Waals surface area contributed by atoms with Crippen LogP contribution < -0.4 is 9.46 Å². The topological polar surface area (TPSA) is 111 Å². The van der Waals surface area contributed by atoms with Gasteiger partial charge in [0.2, 0.25) is 10.0 Å². The Balaban J connectivity index is 2.49. The third-order valence-corrected chi connectivity index (χ3v) is 7.97. The fourth-order valence-electron chi connectivity index (χ4n) is 2.80. The van der Waals surface area contributed by atoms with Crippen LogP contribution >= 0.6 is 7.60 Å². The third kappa shape index (κ3) is 5.91. The summed E-state index contributed by atoms with van der Waals surface area (Å²) < 4.78 is 57.2. The van der Waals surface area contributed by atoms with Crippen LogP contribution in [0.1, 0.15) is 31.0 Å². The first-order valence-electron chi connectivity index (χ1n) is 9.46. The smallest absolute Gasteiger partial charge is 0.360 e. The molecule has 2 aromatic carbocycles. The fraction of sp³-hybridized carbons (Fsp3) is 0.400. The number of benzene rings is 2. The normalized spacial score (nSPS) is 14.3. The summed E-state index contributed by atoms with van der Waals surface area (Å²) in [5.41, 5.74) is 1.27. The maximum Gasteiger partial charge on any atom is 0.360 e. The highest BCUT2D eigenvalue weighted by Gasteiger charge is 2.42. The Labute approximate surface area is 177 Å². The molecule has 0 saturated carbocycles. The van der Waals surface area contributed by atoms with E-state index in [-0.39, 0.29) is 18.1 Å². The largest absolute Gasteiger partial charge is 0.497 e. The lowest BCUT2D eigenvalue weighted by Gasteiger charge is -2.29. The van der Waals surface area contributed by atoms with Gasteiger partial charge in [-0.1, -0.05) is 29.8 Å². The van der Waals surface area contributed by atoms with Crippen molar-refractivity contribution in [3.63, 3.8) is 0 Å². The Morgan fingerprint density at radius 1 is 1.00 bits per heavy atom. The SMILES string of the molecule is CCOP(=O)(OCC)[C@@H](O)[C@H](NS(=O)(=O)c1ccc(C)cc1)c1ccc(OC)cc1. The molecule has 30 heavy (non-hydrogen) atoms. The number of rotatable bonds is 11. The Bertz CT molecular complexity index is 952. The maximum atomic E-state index is 13.2. The van der Waals surface area contributed by atoms with Crippen molar-refractivity contribution < 1.29 is 31.9 Å². The number of hydrogen-bond donors (Lipinski definition) is 2. The Kier molecular flexibility index (Phi) is 8.61. The Morgan fingerprint density at radius 2 is 1.53 bits per heavy atom.